The minimum absolute atomic E-state index is 0.131. The normalized spacial score (nSPS) is 10.7. The number of benzene rings is 1. The Morgan fingerprint density at radius 3 is 2.70 bits per heavy atom. The number of ether oxygens (including phenoxy) is 2. The van der Waals surface area contributed by atoms with Crippen LogP contribution in [0.2, 0.25) is 0 Å². The zero-order valence-electron chi connectivity index (χ0n) is 12.0. The van der Waals surface area contributed by atoms with Crippen LogP contribution in [0, 0.1) is 0 Å². The Kier molecular flexibility index (Phi) is 6.81. The van der Waals surface area contributed by atoms with Gasteiger partial charge < -0.3 is 19.5 Å². The average Bonchev–Trinajstić information content (AvgIpc) is 2.39. The van der Waals surface area contributed by atoms with Crippen molar-refractivity contribution in [2.24, 2.45) is 0 Å². The zero-order chi connectivity index (χ0) is 15.1. The molecule has 0 atom stereocenters. The van der Waals surface area contributed by atoms with Crippen LogP contribution in [-0.2, 0) is 11.3 Å². The largest absolute Gasteiger partial charge is 0.493 e. The van der Waals surface area contributed by atoms with Gasteiger partial charge in [0, 0.05) is 13.1 Å². The molecule has 0 fully saturated rings. The topological polar surface area (TPSA) is 59.0 Å². The Bertz CT molecular complexity index is 465. The van der Waals surface area contributed by atoms with Crippen LogP contribution in [0.3, 0.4) is 0 Å². The third kappa shape index (κ3) is 5.02. The highest BCUT2D eigenvalue weighted by molar-refractivity contribution is 9.10. The van der Waals surface area contributed by atoms with Crippen molar-refractivity contribution in [3.8, 4) is 11.5 Å². The molecule has 6 heteroatoms. The summed E-state index contributed by atoms with van der Waals surface area (Å²) in [6.45, 7) is 3.63. The highest BCUT2D eigenvalue weighted by atomic mass is 79.9. The Hall–Kier alpha value is -1.27. The lowest BCUT2D eigenvalue weighted by molar-refractivity contribution is -0.137. The third-order valence-electron chi connectivity index (χ3n) is 2.74. The number of methoxy groups -OCH3 is 1. The van der Waals surface area contributed by atoms with E-state index in [4.69, 9.17) is 14.6 Å². The number of aliphatic carboxylic acids is 1. The number of nitrogens with zero attached hydrogens (tertiary/aromatic N) is 1. The first kappa shape index (κ1) is 16.8. The number of carboxylic acids is 1. The lowest BCUT2D eigenvalue weighted by atomic mass is 10.2. The minimum atomic E-state index is -0.790. The monoisotopic (exact) mass is 345 g/mol. The standard InChI is InChI=1S/C14H20BrNO4/c1-4-20-14-11(15)7-10(8-12(14)19-3)9-16(2)6-5-13(17)18/h7-8H,4-6,9H2,1-3H3,(H,17,18). The van der Waals surface area contributed by atoms with Crippen LogP contribution in [0.25, 0.3) is 0 Å². The summed E-state index contributed by atoms with van der Waals surface area (Å²) in [5.74, 6) is 0.567. The Morgan fingerprint density at radius 2 is 2.15 bits per heavy atom. The summed E-state index contributed by atoms with van der Waals surface area (Å²) in [7, 11) is 3.49. The molecule has 0 saturated carbocycles. The smallest absolute Gasteiger partial charge is 0.304 e. The summed E-state index contributed by atoms with van der Waals surface area (Å²) in [5, 5.41) is 8.68. The number of hydrogen-bond acceptors (Lipinski definition) is 4. The van der Waals surface area contributed by atoms with Gasteiger partial charge in [0.1, 0.15) is 0 Å². The van der Waals surface area contributed by atoms with Crippen molar-refractivity contribution in [2.45, 2.75) is 19.9 Å². The Morgan fingerprint density at radius 1 is 1.45 bits per heavy atom. The lowest BCUT2D eigenvalue weighted by Gasteiger charge is -2.18. The molecule has 1 aromatic rings. The SMILES string of the molecule is CCOc1c(Br)cc(CN(C)CCC(=O)O)cc1OC. The molecular formula is C14H20BrNO4. The summed E-state index contributed by atoms with van der Waals surface area (Å²) in [4.78, 5) is 12.5. The van der Waals surface area contributed by atoms with Gasteiger partial charge in [0.05, 0.1) is 24.6 Å². The summed E-state index contributed by atoms with van der Waals surface area (Å²) < 4.78 is 11.7. The highest BCUT2D eigenvalue weighted by Gasteiger charge is 2.12. The van der Waals surface area contributed by atoms with Gasteiger partial charge in [0.2, 0.25) is 0 Å². The molecule has 0 radical (unpaired) electrons. The molecule has 5 nitrogen and oxygen atoms in total. The van der Waals surface area contributed by atoms with E-state index in [1.165, 1.54) is 0 Å². The van der Waals surface area contributed by atoms with Crippen molar-refractivity contribution in [2.75, 3.05) is 27.3 Å². The van der Waals surface area contributed by atoms with E-state index in [0.717, 1.165) is 10.0 Å². The van der Waals surface area contributed by atoms with Crippen LogP contribution in [0.5, 0.6) is 11.5 Å². The zero-order valence-corrected chi connectivity index (χ0v) is 13.6. The van der Waals surface area contributed by atoms with Gasteiger partial charge in [-0.25, -0.2) is 0 Å². The van der Waals surface area contributed by atoms with Gasteiger partial charge in [0.15, 0.2) is 11.5 Å². The van der Waals surface area contributed by atoms with Crippen molar-refractivity contribution in [3.63, 3.8) is 0 Å². The maximum atomic E-state index is 10.6. The van der Waals surface area contributed by atoms with Crippen molar-refractivity contribution in [1.29, 1.82) is 0 Å². The Balaban J connectivity index is 2.81. The van der Waals surface area contributed by atoms with Gasteiger partial charge in [0.25, 0.3) is 0 Å². The number of carbonyl (C=O) groups is 1. The van der Waals surface area contributed by atoms with Crippen LogP contribution in [0.1, 0.15) is 18.9 Å². The number of rotatable bonds is 8. The van der Waals surface area contributed by atoms with Gasteiger partial charge >= 0.3 is 5.97 Å². The fraction of sp³-hybridized carbons (Fsp3) is 0.500. The molecule has 0 unspecified atom stereocenters. The molecule has 0 aliphatic carbocycles. The molecule has 0 amide bonds. The quantitative estimate of drug-likeness (QED) is 0.784. The van der Waals surface area contributed by atoms with Crippen LogP contribution < -0.4 is 9.47 Å². The molecule has 0 aromatic heterocycles. The maximum absolute atomic E-state index is 10.6. The molecule has 20 heavy (non-hydrogen) atoms. The highest BCUT2D eigenvalue weighted by Crippen LogP contribution is 2.36. The molecule has 0 aliphatic rings. The second-order valence-electron chi connectivity index (χ2n) is 4.42. The molecule has 1 aromatic carbocycles. The van der Waals surface area contributed by atoms with E-state index < -0.39 is 5.97 Å². The van der Waals surface area contributed by atoms with E-state index in [2.05, 4.69) is 15.9 Å². The van der Waals surface area contributed by atoms with Gasteiger partial charge in [-0.15, -0.1) is 0 Å². The van der Waals surface area contributed by atoms with E-state index in [1.807, 2.05) is 31.0 Å². The van der Waals surface area contributed by atoms with Gasteiger partial charge in [-0.3, -0.25) is 4.79 Å². The molecule has 112 valence electrons. The fourth-order valence-electron chi connectivity index (χ4n) is 1.83. The molecule has 0 spiro atoms. The van der Waals surface area contributed by atoms with Crippen molar-refractivity contribution >= 4 is 21.9 Å². The van der Waals surface area contributed by atoms with E-state index in [9.17, 15) is 4.79 Å². The molecule has 1 N–H and O–H groups in total. The van der Waals surface area contributed by atoms with Crippen molar-refractivity contribution < 1.29 is 19.4 Å². The lowest BCUT2D eigenvalue weighted by Crippen LogP contribution is -2.21. The first-order valence-corrected chi connectivity index (χ1v) is 7.16. The molecule has 0 bridgehead atoms. The first-order valence-electron chi connectivity index (χ1n) is 6.37. The summed E-state index contributed by atoms with van der Waals surface area (Å²) >= 11 is 3.47. The maximum Gasteiger partial charge on any atom is 0.304 e. The molecular weight excluding hydrogens is 326 g/mol. The number of hydrogen-bond donors (Lipinski definition) is 1. The van der Waals surface area contributed by atoms with Crippen LogP contribution in [0.15, 0.2) is 16.6 Å². The van der Waals surface area contributed by atoms with Crippen LogP contribution >= 0.6 is 15.9 Å². The molecule has 0 saturated heterocycles. The number of carboxylic acid groups (broad SMARTS) is 1. The van der Waals surface area contributed by atoms with E-state index >= 15 is 0 Å². The summed E-state index contributed by atoms with van der Waals surface area (Å²) in [6, 6.07) is 3.87. The second-order valence-corrected chi connectivity index (χ2v) is 5.28. The van der Waals surface area contributed by atoms with E-state index in [1.54, 1.807) is 7.11 Å². The van der Waals surface area contributed by atoms with Crippen LogP contribution in [-0.4, -0.2) is 43.3 Å². The summed E-state index contributed by atoms with van der Waals surface area (Å²) in [5.41, 5.74) is 1.03. The van der Waals surface area contributed by atoms with Crippen molar-refractivity contribution in [1.82, 2.24) is 4.90 Å². The third-order valence-corrected chi connectivity index (χ3v) is 3.33. The Labute approximate surface area is 127 Å². The minimum Gasteiger partial charge on any atom is -0.493 e. The first-order chi connectivity index (χ1) is 9.47. The molecule has 0 heterocycles. The van der Waals surface area contributed by atoms with Crippen molar-refractivity contribution in [3.05, 3.63) is 22.2 Å². The summed E-state index contributed by atoms with van der Waals surface area (Å²) in [6.07, 6.45) is 0.131. The van der Waals surface area contributed by atoms with Gasteiger partial charge in [-0.2, -0.15) is 0 Å². The number of halogens is 1. The fourth-order valence-corrected chi connectivity index (χ4v) is 2.43. The second kappa shape index (κ2) is 8.11. The van der Waals surface area contributed by atoms with E-state index in [-0.39, 0.29) is 6.42 Å². The molecule has 0 aliphatic heterocycles. The predicted octanol–water partition coefficient (Wildman–Crippen LogP) is 2.76. The van der Waals surface area contributed by atoms with Gasteiger partial charge in [-0.05, 0) is 47.6 Å². The predicted molar refractivity (Wildman–Crippen MR) is 80.4 cm³/mol. The van der Waals surface area contributed by atoms with Gasteiger partial charge in [-0.1, -0.05) is 0 Å². The average molecular weight is 346 g/mol. The van der Waals surface area contributed by atoms with Crippen LogP contribution in [0.4, 0.5) is 0 Å². The molecule has 1 rings (SSSR count). The van der Waals surface area contributed by atoms with E-state index in [0.29, 0.717) is 31.2 Å².